The summed E-state index contributed by atoms with van der Waals surface area (Å²) >= 11 is 5.73. The second kappa shape index (κ2) is 11.0. The van der Waals surface area contributed by atoms with Gasteiger partial charge in [0.05, 0.1) is 13.2 Å². The van der Waals surface area contributed by atoms with Crippen molar-refractivity contribution in [1.82, 2.24) is 0 Å². The first kappa shape index (κ1) is 21.4. The van der Waals surface area contributed by atoms with Crippen molar-refractivity contribution in [2.75, 3.05) is 26.4 Å². The number of unbranched alkanes of at least 4 members (excludes halogenated alkanes) is 1. The van der Waals surface area contributed by atoms with E-state index in [4.69, 9.17) is 25.8 Å². The van der Waals surface area contributed by atoms with Crippen LogP contribution in [0.15, 0.2) is 48.0 Å². The summed E-state index contributed by atoms with van der Waals surface area (Å²) in [4.78, 5) is 11.7. The summed E-state index contributed by atoms with van der Waals surface area (Å²) in [5, 5.41) is -0.400. The zero-order valence-corrected chi connectivity index (χ0v) is 17.5. The van der Waals surface area contributed by atoms with Gasteiger partial charge >= 0.3 is 0 Å². The number of rotatable bonds is 9. The molecule has 0 spiro atoms. The Balaban J connectivity index is 1.68. The molecule has 0 unspecified atom stereocenters. The van der Waals surface area contributed by atoms with E-state index in [9.17, 15) is 4.79 Å². The van der Waals surface area contributed by atoms with Gasteiger partial charge in [0.2, 0.25) is 5.24 Å². The summed E-state index contributed by atoms with van der Waals surface area (Å²) in [6.07, 6.45) is 5.45. The molecule has 0 aliphatic carbocycles. The van der Waals surface area contributed by atoms with E-state index >= 15 is 0 Å². The van der Waals surface area contributed by atoms with Crippen molar-refractivity contribution in [1.29, 1.82) is 0 Å². The molecule has 0 saturated carbocycles. The van der Waals surface area contributed by atoms with Crippen molar-refractivity contribution in [3.8, 4) is 22.6 Å². The van der Waals surface area contributed by atoms with Gasteiger partial charge in [0.1, 0.15) is 18.1 Å². The van der Waals surface area contributed by atoms with E-state index in [0.29, 0.717) is 31.8 Å². The van der Waals surface area contributed by atoms with Crippen LogP contribution in [0.5, 0.6) is 11.5 Å². The largest absolute Gasteiger partial charge is 0.493 e. The zero-order valence-electron chi connectivity index (χ0n) is 16.8. The average molecular weight is 415 g/mol. The maximum absolute atomic E-state index is 11.7. The summed E-state index contributed by atoms with van der Waals surface area (Å²) in [5.41, 5.74) is 3.60. The van der Waals surface area contributed by atoms with Crippen molar-refractivity contribution < 1.29 is 19.0 Å². The minimum atomic E-state index is -0.400. The van der Waals surface area contributed by atoms with Gasteiger partial charge in [-0.15, -0.1) is 0 Å². The molecule has 4 nitrogen and oxygen atoms in total. The van der Waals surface area contributed by atoms with E-state index in [1.54, 1.807) is 0 Å². The van der Waals surface area contributed by atoms with Crippen LogP contribution in [-0.4, -0.2) is 31.7 Å². The maximum Gasteiger partial charge on any atom is 0.248 e. The Morgan fingerprint density at radius 2 is 1.86 bits per heavy atom. The molecular formula is C24H27ClO4. The fourth-order valence-corrected chi connectivity index (χ4v) is 3.29. The molecule has 3 rings (SSSR count). The van der Waals surface area contributed by atoms with E-state index < -0.39 is 5.24 Å². The van der Waals surface area contributed by atoms with E-state index in [2.05, 4.69) is 6.92 Å². The minimum absolute atomic E-state index is 0.400. The van der Waals surface area contributed by atoms with Crippen LogP contribution in [-0.2, 0) is 9.53 Å². The Bertz CT molecular complexity index is 842. The molecule has 5 heteroatoms. The van der Waals surface area contributed by atoms with Crippen LogP contribution in [0.4, 0.5) is 0 Å². The number of benzene rings is 2. The molecule has 2 aromatic rings. The predicted octanol–water partition coefficient (Wildman–Crippen LogP) is 5.87. The van der Waals surface area contributed by atoms with Gasteiger partial charge in [0.15, 0.2) is 0 Å². The predicted molar refractivity (Wildman–Crippen MR) is 117 cm³/mol. The smallest absolute Gasteiger partial charge is 0.248 e. The van der Waals surface area contributed by atoms with E-state index in [1.807, 2.05) is 48.5 Å². The Morgan fingerprint density at radius 3 is 2.62 bits per heavy atom. The van der Waals surface area contributed by atoms with Gasteiger partial charge in [-0.1, -0.05) is 31.5 Å². The van der Waals surface area contributed by atoms with Gasteiger partial charge < -0.3 is 14.2 Å². The number of allylic oxidation sites excluding steroid dienone is 1. The highest BCUT2D eigenvalue weighted by Gasteiger charge is 2.13. The molecule has 0 atom stereocenters. The highest BCUT2D eigenvalue weighted by Crippen LogP contribution is 2.31. The molecule has 29 heavy (non-hydrogen) atoms. The van der Waals surface area contributed by atoms with Crippen LogP contribution >= 0.6 is 11.6 Å². The van der Waals surface area contributed by atoms with E-state index in [0.717, 1.165) is 54.1 Å². The third-order valence-electron chi connectivity index (χ3n) is 4.77. The number of halogens is 1. The molecule has 1 aliphatic rings. The summed E-state index contributed by atoms with van der Waals surface area (Å²) in [6, 6.07) is 14.0. The molecule has 0 fully saturated rings. The van der Waals surface area contributed by atoms with Crippen molar-refractivity contribution >= 4 is 22.9 Å². The van der Waals surface area contributed by atoms with Gasteiger partial charge in [-0.2, -0.15) is 0 Å². The lowest BCUT2D eigenvalue weighted by molar-refractivity contribution is -0.108. The Kier molecular flexibility index (Phi) is 8.14. The SMILES string of the molecule is CCCCOCCOc1ccc(-c2ccc3c(c2)/C=C(/C(=O)Cl)CCCO3)cc1. The first-order chi connectivity index (χ1) is 14.2. The van der Waals surface area contributed by atoms with Gasteiger partial charge in [-0.3, -0.25) is 4.79 Å². The molecule has 1 heterocycles. The summed E-state index contributed by atoms with van der Waals surface area (Å²) in [7, 11) is 0. The normalized spacial score (nSPS) is 15.3. The third-order valence-corrected chi connectivity index (χ3v) is 5.01. The summed E-state index contributed by atoms with van der Waals surface area (Å²) in [6.45, 7) is 4.64. The molecule has 0 aromatic heterocycles. The van der Waals surface area contributed by atoms with Crippen molar-refractivity contribution in [3.63, 3.8) is 0 Å². The minimum Gasteiger partial charge on any atom is -0.493 e. The summed E-state index contributed by atoms with van der Waals surface area (Å²) < 4.78 is 17.1. The van der Waals surface area contributed by atoms with Crippen LogP contribution in [0.2, 0.25) is 0 Å². The first-order valence-corrected chi connectivity index (χ1v) is 10.5. The van der Waals surface area contributed by atoms with Gasteiger partial charge in [-0.25, -0.2) is 0 Å². The van der Waals surface area contributed by atoms with Crippen molar-refractivity contribution in [2.45, 2.75) is 32.6 Å². The Hall–Kier alpha value is -2.30. The highest BCUT2D eigenvalue weighted by atomic mass is 35.5. The fraction of sp³-hybridized carbons (Fsp3) is 0.375. The van der Waals surface area contributed by atoms with Gasteiger partial charge in [0.25, 0.3) is 0 Å². The average Bonchev–Trinajstić information content (AvgIpc) is 2.71. The summed E-state index contributed by atoms with van der Waals surface area (Å²) in [5.74, 6) is 1.59. The molecule has 0 radical (unpaired) electrons. The lowest BCUT2D eigenvalue weighted by Gasteiger charge is -2.15. The van der Waals surface area contributed by atoms with E-state index in [-0.39, 0.29) is 0 Å². The van der Waals surface area contributed by atoms with Gasteiger partial charge in [0, 0.05) is 17.7 Å². The molecule has 0 N–H and O–H groups in total. The van der Waals surface area contributed by atoms with Crippen LogP contribution in [0, 0.1) is 0 Å². The molecule has 0 amide bonds. The lowest BCUT2D eigenvalue weighted by Crippen LogP contribution is -2.07. The molecular weight excluding hydrogens is 388 g/mol. The maximum atomic E-state index is 11.7. The molecule has 2 aromatic carbocycles. The topological polar surface area (TPSA) is 44.8 Å². The second-order valence-corrected chi connectivity index (χ2v) is 7.33. The third kappa shape index (κ3) is 6.34. The quantitative estimate of drug-likeness (QED) is 0.380. The van der Waals surface area contributed by atoms with Gasteiger partial charge in [-0.05, 0) is 72.3 Å². The fourth-order valence-electron chi connectivity index (χ4n) is 3.14. The molecule has 154 valence electrons. The Labute approximate surface area is 177 Å². The van der Waals surface area contributed by atoms with Crippen molar-refractivity contribution in [3.05, 3.63) is 53.6 Å². The lowest BCUT2D eigenvalue weighted by atomic mass is 9.99. The number of carbonyl (C=O) groups is 1. The molecule has 1 aliphatic heterocycles. The monoisotopic (exact) mass is 414 g/mol. The number of carbonyl (C=O) groups excluding carboxylic acids is 1. The van der Waals surface area contributed by atoms with Crippen LogP contribution in [0.3, 0.4) is 0 Å². The number of hydrogen-bond acceptors (Lipinski definition) is 4. The standard InChI is InChI=1S/C24H27ClO4/c1-2-3-12-27-14-15-28-22-9-6-18(7-10-22)19-8-11-23-21(16-19)17-20(24(25)26)5-4-13-29-23/h6-11,16-17H,2-5,12-15H2,1H3/b20-17+. The highest BCUT2D eigenvalue weighted by molar-refractivity contribution is 6.68. The molecule has 0 bridgehead atoms. The zero-order chi connectivity index (χ0) is 20.5. The number of hydrogen-bond donors (Lipinski definition) is 0. The number of ether oxygens (including phenoxy) is 3. The van der Waals surface area contributed by atoms with Crippen LogP contribution in [0.1, 0.15) is 38.2 Å². The van der Waals surface area contributed by atoms with Crippen LogP contribution < -0.4 is 9.47 Å². The number of fused-ring (bicyclic) bond motifs is 1. The van der Waals surface area contributed by atoms with Crippen molar-refractivity contribution in [2.24, 2.45) is 0 Å². The first-order valence-electron chi connectivity index (χ1n) is 10.2. The van der Waals surface area contributed by atoms with Crippen LogP contribution in [0.25, 0.3) is 17.2 Å². The molecule has 0 saturated heterocycles. The second-order valence-electron chi connectivity index (χ2n) is 6.99. The van der Waals surface area contributed by atoms with E-state index in [1.165, 1.54) is 0 Å². The Morgan fingerprint density at radius 1 is 1.07 bits per heavy atom.